The average molecular weight is 400 g/mol. The first kappa shape index (κ1) is 18.2. The van der Waals surface area contributed by atoms with Crippen LogP contribution in [-0.2, 0) is 11.2 Å². The molecule has 0 saturated carbocycles. The summed E-state index contributed by atoms with van der Waals surface area (Å²) in [5.74, 6) is -0.403. The van der Waals surface area contributed by atoms with Gasteiger partial charge in [0.15, 0.2) is 4.34 Å². The Bertz CT molecular complexity index is 907. The molecule has 1 amide bonds. The van der Waals surface area contributed by atoms with Crippen LogP contribution in [0, 0.1) is 13.8 Å². The van der Waals surface area contributed by atoms with Gasteiger partial charge in [-0.05, 0) is 32.0 Å². The van der Waals surface area contributed by atoms with Crippen LogP contribution >= 0.6 is 34.4 Å². The van der Waals surface area contributed by atoms with Gasteiger partial charge >= 0.3 is 0 Å². The van der Waals surface area contributed by atoms with Crippen LogP contribution in [0.15, 0.2) is 22.5 Å². The minimum Gasteiger partial charge on any atom is -0.326 e. The summed E-state index contributed by atoms with van der Waals surface area (Å²) in [5.41, 5.74) is 2.20. The summed E-state index contributed by atoms with van der Waals surface area (Å²) >= 11 is 3.96. The smallest absolute Gasteiger partial charge is 0.248 e. The molecule has 1 N–H and O–H groups in total. The van der Waals surface area contributed by atoms with Crippen molar-refractivity contribution in [3.05, 3.63) is 33.8 Å². The van der Waals surface area contributed by atoms with Crippen LogP contribution in [0.25, 0.3) is 10.2 Å². The highest BCUT2D eigenvalue weighted by Crippen LogP contribution is 2.32. The third-order valence-electron chi connectivity index (χ3n) is 3.31. The van der Waals surface area contributed by atoms with Crippen molar-refractivity contribution in [1.82, 2.24) is 9.97 Å². The maximum Gasteiger partial charge on any atom is 0.248 e. The maximum atomic E-state index is 12.3. The number of thiazole rings is 2. The average Bonchev–Trinajstić information content (AvgIpc) is 3.07. The van der Waals surface area contributed by atoms with Gasteiger partial charge in [-0.3, -0.25) is 4.79 Å². The highest BCUT2D eigenvalue weighted by Gasteiger charge is 2.12. The van der Waals surface area contributed by atoms with Crippen molar-refractivity contribution in [2.45, 2.75) is 31.0 Å². The van der Waals surface area contributed by atoms with Crippen molar-refractivity contribution < 1.29 is 13.6 Å². The van der Waals surface area contributed by atoms with Gasteiger partial charge in [0.05, 0.1) is 33.1 Å². The molecule has 0 aliphatic carbocycles. The number of carbonyl (C=O) groups excluding carboxylic acids is 1. The lowest BCUT2D eigenvalue weighted by atomic mass is 10.2. The lowest BCUT2D eigenvalue weighted by Crippen LogP contribution is -2.15. The third kappa shape index (κ3) is 4.74. The summed E-state index contributed by atoms with van der Waals surface area (Å²) in [6.07, 6.45) is -2.13. The number of amides is 1. The fourth-order valence-electron chi connectivity index (χ4n) is 2.27. The Kier molecular flexibility index (Phi) is 5.65. The van der Waals surface area contributed by atoms with Crippen molar-refractivity contribution >= 4 is 56.2 Å². The van der Waals surface area contributed by atoms with Crippen molar-refractivity contribution in [2.24, 2.45) is 0 Å². The van der Waals surface area contributed by atoms with E-state index in [-0.39, 0.29) is 18.1 Å². The van der Waals surface area contributed by atoms with E-state index in [1.165, 1.54) is 11.3 Å². The number of aromatic nitrogens is 2. The lowest BCUT2D eigenvalue weighted by Gasteiger charge is -2.04. The highest BCUT2D eigenvalue weighted by molar-refractivity contribution is 8.01. The molecule has 0 spiro atoms. The zero-order valence-corrected chi connectivity index (χ0v) is 16.0. The Hall–Kier alpha value is -1.58. The number of benzene rings is 1. The lowest BCUT2D eigenvalue weighted by molar-refractivity contribution is -0.115. The topological polar surface area (TPSA) is 54.9 Å². The molecular weight excluding hydrogens is 384 g/mol. The summed E-state index contributed by atoms with van der Waals surface area (Å²) in [6.45, 7) is 3.87. The number of rotatable bonds is 6. The fraction of sp³-hybridized carbons (Fsp3) is 0.312. The molecule has 0 bridgehead atoms. The van der Waals surface area contributed by atoms with Crippen molar-refractivity contribution in [1.29, 1.82) is 0 Å². The van der Waals surface area contributed by atoms with Gasteiger partial charge in [0.2, 0.25) is 12.3 Å². The van der Waals surface area contributed by atoms with Crippen molar-refractivity contribution in [3.63, 3.8) is 0 Å². The minimum absolute atomic E-state index is 0.135. The number of halogens is 2. The summed E-state index contributed by atoms with van der Waals surface area (Å²) < 4.78 is 26.1. The summed E-state index contributed by atoms with van der Waals surface area (Å²) in [6, 6.07) is 5.36. The summed E-state index contributed by atoms with van der Waals surface area (Å²) in [4.78, 5) is 21.9. The molecular formula is C16H15F2N3OS3. The molecule has 4 nitrogen and oxygen atoms in total. The molecule has 0 radical (unpaired) electrons. The number of hydrogen-bond acceptors (Lipinski definition) is 6. The first-order chi connectivity index (χ1) is 11.9. The van der Waals surface area contributed by atoms with Gasteiger partial charge in [-0.2, -0.15) is 0 Å². The summed E-state index contributed by atoms with van der Waals surface area (Å²) in [7, 11) is 0. The second-order valence-corrected chi connectivity index (χ2v) is 9.03. The van der Waals surface area contributed by atoms with Crippen LogP contribution in [0.3, 0.4) is 0 Å². The van der Waals surface area contributed by atoms with E-state index < -0.39 is 6.43 Å². The molecule has 0 aliphatic heterocycles. The Balaban J connectivity index is 1.68. The van der Waals surface area contributed by atoms with E-state index in [1.54, 1.807) is 23.5 Å². The molecule has 0 unspecified atom stereocenters. The fourth-order valence-corrected chi connectivity index (χ4v) is 4.98. The number of alkyl halides is 2. The van der Waals surface area contributed by atoms with Gasteiger partial charge in [0, 0.05) is 10.6 Å². The predicted molar refractivity (Wildman–Crippen MR) is 100 cm³/mol. The van der Waals surface area contributed by atoms with Crippen LogP contribution in [-0.4, -0.2) is 28.1 Å². The second-order valence-electron chi connectivity index (χ2n) is 5.33. The van der Waals surface area contributed by atoms with E-state index in [0.29, 0.717) is 10.0 Å². The van der Waals surface area contributed by atoms with Crippen LogP contribution < -0.4 is 5.32 Å². The number of nitrogens with one attached hydrogen (secondary N) is 1. The minimum atomic E-state index is -2.36. The molecule has 1 aromatic carbocycles. The zero-order chi connectivity index (χ0) is 18.0. The van der Waals surface area contributed by atoms with Crippen LogP contribution in [0.4, 0.5) is 14.5 Å². The first-order valence-electron chi connectivity index (χ1n) is 7.45. The quantitative estimate of drug-likeness (QED) is 0.599. The van der Waals surface area contributed by atoms with Crippen molar-refractivity contribution in [2.75, 3.05) is 11.1 Å². The number of nitrogens with zero attached hydrogens (tertiary/aromatic N) is 2. The molecule has 0 aliphatic rings. The largest absolute Gasteiger partial charge is 0.326 e. The monoisotopic (exact) mass is 399 g/mol. The standard InChI is InChI=1S/C16H15F2N3OS3/c1-8-12(19-9(2)24-8)6-15(22)20-10-3-4-11-13(5-10)25-16(21-11)23-7-14(17)18/h3-5,14H,6-7H2,1-2H3,(H,20,22). The molecule has 0 saturated heterocycles. The SMILES string of the molecule is Cc1nc(CC(=O)Nc2ccc3nc(SCC(F)F)sc3c2)c(C)s1. The molecule has 0 fully saturated rings. The second kappa shape index (κ2) is 7.76. The predicted octanol–water partition coefficient (Wildman–Crippen LogP) is 4.91. The molecule has 2 aromatic heterocycles. The van der Waals surface area contributed by atoms with E-state index in [4.69, 9.17) is 0 Å². The van der Waals surface area contributed by atoms with Gasteiger partial charge in [-0.1, -0.05) is 11.8 Å². The highest BCUT2D eigenvalue weighted by atomic mass is 32.2. The Labute approximate surface area is 155 Å². The zero-order valence-electron chi connectivity index (χ0n) is 13.5. The van der Waals surface area contributed by atoms with Crippen molar-refractivity contribution in [3.8, 4) is 0 Å². The molecule has 25 heavy (non-hydrogen) atoms. The molecule has 132 valence electrons. The van der Waals surface area contributed by atoms with E-state index >= 15 is 0 Å². The van der Waals surface area contributed by atoms with E-state index in [0.717, 1.165) is 37.6 Å². The normalized spacial score (nSPS) is 11.4. The Morgan fingerprint density at radius 2 is 2.08 bits per heavy atom. The van der Waals surface area contributed by atoms with Gasteiger partial charge < -0.3 is 5.32 Å². The molecule has 9 heteroatoms. The number of hydrogen-bond donors (Lipinski definition) is 1. The first-order valence-corrected chi connectivity index (χ1v) is 10.1. The Morgan fingerprint density at radius 3 is 2.76 bits per heavy atom. The van der Waals surface area contributed by atoms with Gasteiger partial charge in [0.25, 0.3) is 0 Å². The van der Waals surface area contributed by atoms with E-state index in [9.17, 15) is 13.6 Å². The third-order valence-corrected chi connectivity index (χ3v) is 6.41. The van der Waals surface area contributed by atoms with E-state index in [2.05, 4.69) is 15.3 Å². The molecule has 0 atom stereocenters. The Morgan fingerprint density at radius 1 is 1.28 bits per heavy atom. The molecule has 3 rings (SSSR count). The van der Waals surface area contributed by atoms with Gasteiger partial charge in [0.1, 0.15) is 0 Å². The number of aryl methyl sites for hydroxylation is 2. The maximum absolute atomic E-state index is 12.3. The molecule has 3 aromatic rings. The van der Waals surface area contributed by atoms with E-state index in [1.807, 2.05) is 19.9 Å². The summed E-state index contributed by atoms with van der Waals surface area (Å²) in [5, 5.41) is 3.80. The molecule has 2 heterocycles. The number of carbonyl (C=O) groups is 1. The van der Waals surface area contributed by atoms with Crippen LogP contribution in [0.5, 0.6) is 0 Å². The van der Waals surface area contributed by atoms with Crippen LogP contribution in [0.2, 0.25) is 0 Å². The number of fused-ring (bicyclic) bond motifs is 1. The van der Waals surface area contributed by atoms with Gasteiger partial charge in [-0.25, -0.2) is 18.7 Å². The number of thioether (sulfide) groups is 1. The van der Waals surface area contributed by atoms with Gasteiger partial charge in [-0.15, -0.1) is 22.7 Å². The number of anilines is 1. The van der Waals surface area contributed by atoms with Crippen LogP contribution in [0.1, 0.15) is 15.6 Å².